The summed E-state index contributed by atoms with van der Waals surface area (Å²) in [5.41, 5.74) is 0.534. The van der Waals surface area contributed by atoms with Crippen molar-refractivity contribution >= 4 is 11.6 Å². The van der Waals surface area contributed by atoms with E-state index in [0.717, 1.165) is 16.9 Å². The van der Waals surface area contributed by atoms with Crippen molar-refractivity contribution in [3.63, 3.8) is 0 Å². The van der Waals surface area contributed by atoms with Crippen LogP contribution in [0, 0.1) is 0 Å². The number of rotatable bonds is 1. The van der Waals surface area contributed by atoms with Crippen molar-refractivity contribution in [1.29, 1.82) is 0 Å². The minimum atomic E-state index is -4.36. The summed E-state index contributed by atoms with van der Waals surface area (Å²) in [7, 11) is 0. The predicted octanol–water partition coefficient (Wildman–Crippen LogP) is 3.02. The zero-order valence-electron chi connectivity index (χ0n) is 9.63. The van der Waals surface area contributed by atoms with Crippen LogP contribution in [0.5, 0.6) is 0 Å². The first kappa shape index (κ1) is 11.6. The van der Waals surface area contributed by atoms with Crippen molar-refractivity contribution in [3.8, 4) is 0 Å². The number of halogens is 3. The topological polar surface area (TPSA) is 20.3 Å². The fraction of sp³-hybridized carbons (Fsp3) is 0.462. The highest BCUT2D eigenvalue weighted by Crippen LogP contribution is 2.53. The van der Waals surface area contributed by atoms with Gasteiger partial charge in [0.2, 0.25) is 5.91 Å². The number of carbonyl (C=O) groups excluding carboxylic acids is 1. The molecule has 1 amide bonds. The Morgan fingerprint density at radius 2 is 1.89 bits per heavy atom. The van der Waals surface area contributed by atoms with Gasteiger partial charge in [-0.15, -0.1) is 0 Å². The van der Waals surface area contributed by atoms with Crippen LogP contribution in [-0.4, -0.2) is 18.6 Å². The van der Waals surface area contributed by atoms with E-state index in [0.29, 0.717) is 18.5 Å². The number of anilines is 1. The molecule has 2 aliphatic rings. The van der Waals surface area contributed by atoms with Gasteiger partial charge in [-0.1, -0.05) is 24.6 Å². The smallest absolute Gasteiger partial charge is 0.302 e. The Kier molecular flexibility index (Phi) is 2.24. The molecule has 1 fully saturated rings. The van der Waals surface area contributed by atoms with Crippen LogP contribution in [0.2, 0.25) is 0 Å². The number of hydrogen-bond acceptors (Lipinski definition) is 1. The van der Waals surface area contributed by atoms with Crippen LogP contribution in [0.3, 0.4) is 0 Å². The molecule has 1 heterocycles. The Bertz CT molecular complexity index is 505. The lowest BCUT2D eigenvalue weighted by Crippen LogP contribution is -2.47. The highest BCUT2D eigenvalue weighted by Gasteiger charge is 2.55. The monoisotopic (exact) mass is 255 g/mol. The minimum Gasteiger partial charge on any atom is -0.302 e. The van der Waals surface area contributed by atoms with E-state index in [1.807, 2.05) is 0 Å². The lowest BCUT2D eigenvalue weighted by molar-refractivity contribution is -0.136. The van der Waals surface area contributed by atoms with Gasteiger partial charge in [-0.3, -0.25) is 4.79 Å². The fourth-order valence-corrected chi connectivity index (χ4v) is 2.95. The van der Waals surface area contributed by atoms with Crippen molar-refractivity contribution in [2.45, 2.75) is 30.9 Å². The number of hydrogen-bond donors (Lipinski definition) is 0. The summed E-state index contributed by atoms with van der Waals surface area (Å²) in [4.78, 5) is 13.2. The summed E-state index contributed by atoms with van der Waals surface area (Å²) in [5.74, 6) is -0.382. The predicted molar refractivity (Wildman–Crippen MR) is 60.4 cm³/mol. The molecular formula is C13H12F3NO. The van der Waals surface area contributed by atoms with E-state index in [2.05, 4.69) is 0 Å². The molecule has 1 saturated carbocycles. The first-order chi connectivity index (χ1) is 8.44. The standard InChI is InChI=1S/C13H12F3NO/c14-13(15,16)8-17-10-5-2-1-4-9(10)12(11(17)18)6-3-7-12/h1-2,4-5H,3,6-8H2. The van der Waals surface area contributed by atoms with E-state index < -0.39 is 18.1 Å². The molecule has 0 unspecified atom stereocenters. The molecule has 0 saturated heterocycles. The van der Waals surface area contributed by atoms with Crippen LogP contribution in [-0.2, 0) is 10.2 Å². The van der Waals surface area contributed by atoms with E-state index in [1.165, 1.54) is 0 Å². The molecule has 2 nitrogen and oxygen atoms in total. The second-order valence-corrected chi connectivity index (χ2v) is 4.96. The summed E-state index contributed by atoms with van der Waals surface area (Å²) >= 11 is 0. The molecule has 0 atom stereocenters. The summed E-state index contributed by atoms with van der Waals surface area (Å²) in [5, 5.41) is 0. The summed E-state index contributed by atoms with van der Waals surface area (Å²) in [6.45, 7) is -1.19. The van der Waals surface area contributed by atoms with Crippen LogP contribution in [0.4, 0.5) is 18.9 Å². The van der Waals surface area contributed by atoms with Crippen LogP contribution in [0.1, 0.15) is 24.8 Å². The zero-order chi connectivity index (χ0) is 13.0. The van der Waals surface area contributed by atoms with Gasteiger partial charge in [0, 0.05) is 5.69 Å². The molecule has 0 radical (unpaired) electrons. The Labute approximate surface area is 102 Å². The van der Waals surface area contributed by atoms with E-state index in [9.17, 15) is 18.0 Å². The number of amides is 1. The minimum absolute atomic E-state index is 0.382. The number of alkyl halides is 3. The van der Waals surface area contributed by atoms with E-state index in [1.54, 1.807) is 24.3 Å². The number of nitrogens with zero attached hydrogens (tertiary/aromatic N) is 1. The lowest BCUT2D eigenvalue weighted by Gasteiger charge is -2.37. The summed E-state index contributed by atoms with van der Waals surface area (Å²) in [6.07, 6.45) is -2.13. The molecule has 0 bridgehead atoms. The van der Waals surface area contributed by atoms with Crippen molar-refractivity contribution in [2.24, 2.45) is 0 Å². The maximum Gasteiger partial charge on any atom is 0.406 e. The van der Waals surface area contributed by atoms with Crippen molar-refractivity contribution in [2.75, 3.05) is 11.4 Å². The molecule has 96 valence electrons. The molecule has 1 aliphatic heterocycles. The second kappa shape index (κ2) is 3.49. The van der Waals surface area contributed by atoms with Crippen molar-refractivity contribution in [3.05, 3.63) is 29.8 Å². The quantitative estimate of drug-likeness (QED) is 0.755. The van der Waals surface area contributed by atoms with Crippen LogP contribution < -0.4 is 4.90 Å². The first-order valence-electron chi connectivity index (χ1n) is 5.92. The number of fused-ring (bicyclic) bond motifs is 2. The zero-order valence-corrected chi connectivity index (χ0v) is 9.63. The Balaban J connectivity index is 2.05. The maximum absolute atomic E-state index is 12.6. The number of benzene rings is 1. The van der Waals surface area contributed by atoms with Crippen molar-refractivity contribution < 1.29 is 18.0 Å². The van der Waals surface area contributed by atoms with Gasteiger partial charge in [0.25, 0.3) is 0 Å². The van der Waals surface area contributed by atoms with Gasteiger partial charge in [-0.05, 0) is 24.5 Å². The van der Waals surface area contributed by atoms with Crippen LogP contribution in [0.25, 0.3) is 0 Å². The molecule has 0 aromatic heterocycles. The van der Waals surface area contributed by atoms with Crippen molar-refractivity contribution in [1.82, 2.24) is 0 Å². The Morgan fingerprint density at radius 1 is 1.22 bits per heavy atom. The maximum atomic E-state index is 12.6. The molecule has 1 aromatic rings. The van der Waals surface area contributed by atoms with E-state index >= 15 is 0 Å². The van der Waals surface area contributed by atoms with Crippen LogP contribution in [0.15, 0.2) is 24.3 Å². The molecule has 3 rings (SSSR count). The van der Waals surface area contributed by atoms with Gasteiger partial charge < -0.3 is 4.90 Å². The summed E-state index contributed by atoms with van der Waals surface area (Å²) in [6, 6.07) is 6.84. The Morgan fingerprint density at radius 3 is 2.44 bits per heavy atom. The highest BCUT2D eigenvalue weighted by molar-refractivity contribution is 6.08. The second-order valence-electron chi connectivity index (χ2n) is 4.96. The SMILES string of the molecule is O=C1N(CC(F)(F)F)c2ccccc2C12CCC2. The molecule has 5 heteroatoms. The highest BCUT2D eigenvalue weighted by atomic mass is 19.4. The molecule has 1 spiro atoms. The number of para-hydroxylation sites is 1. The third-order valence-electron chi connectivity index (χ3n) is 3.91. The first-order valence-corrected chi connectivity index (χ1v) is 5.92. The van der Waals surface area contributed by atoms with E-state index in [4.69, 9.17) is 0 Å². The molecule has 1 aromatic carbocycles. The van der Waals surface area contributed by atoms with Gasteiger partial charge in [0.05, 0.1) is 5.41 Å². The van der Waals surface area contributed by atoms with Crippen LogP contribution >= 0.6 is 0 Å². The largest absolute Gasteiger partial charge is 0.406 e. The average Bonchev–Trinajstić information content (AvgIpc) is 2.47. The fourth-order valence-electron chi connectivity index (χ4n) is 2.95. The van der Waals surface area contributed by atoms with Gasteiger partial charge >= 0.3 is 6.18 Å². The summed E-state index contributed by atoms with van der Waals surface area (Å²) < 4.78 is 37.7. The molecule has 0 N–H and O–H groups in total. The Hall–Kier alpha value is -1.52. The average molecular weight is 255 g/mol. The van der Waals surface area contributed by atoms with Gasteiger partial charge in [0.1, 0.15) is 6.54 Å². The molecule has 1 aliphatic carbocycles. The van der Waals surface area contributed by atoms with E-state index in [-0.39, 0.29) is 5.91 Å². The van der Waals surface area contributed by atoms with Gasteiger partial charge in [0.15, 0.2) is 0 Å². The molecule has 18 heavy (non-hydrogen) atoms. The third kappa shape index (κ3) is 1.46. The third-order valence-corrected chi connectivity index (χ3v) is 3.91. The van der Waals surface area contributed by atoms with Gasteiger partial charge in [-0.2, -0.15) is 13.2 Å². The number of carbonyl (C=O) groups is 1. The normalized spacial score (nSPS) is 21.1. The van der Waals surface area contributed by atoms with Gasteiger partial charge in [-0.25, -0.2) is 0 Å². The molecular weight excluding hydrogens is 243 g/mol. The lowest BCUT2D eigenvalue weighted by atomic mass is 9.65.